The maximum atomic E-state index is 13.2. The van der Waals surface area contributed by atoms with Crippen LogP contribution in [0, 0.1) is 5.41 Å². The molecule has 0 radical (unpaired) electrons. The van der Waals surface area contributed by atoms with Gasteiger partial charge in [0, 0.05) is 32.1 Å². The highest BCUT2D eigenvalue weighted by Gasteiger charge is 2.44. The van der Waals surface area contributed by atoms with Crippen LogP contribution < -0.4 is 5.32 Å². The van der Waals surface area contributed by atoms with Crippen molar-refractivity contribution in [3.63, 3.8) is 0 Å². The third-order valence-electron chi connectivity index (χ3n) is 6.08. The lowest BCUT2D eigenvalue weighted by molar-refractivity contribution is -0.140. The van der Waals surface area contributed by atoms with Crippen molar-refractivity contribution in [2.24, 2.45) is 10.6 Å². The van der Waals surface area contributed by atoms with Crippen molar-refractivity contribution >= 4 is 11.6 Å². The molecule has 0 bridgehead atoms. The summed E-state index contributed by atoms with van der Waals surface area (Å²) in [5, 5.41) is 7.62. The second-order valence-electron chi connectivity index (χ2n) is 7.89. The van der Waals surface area contributed by atoms with E-state index < -0.39 is 0 Å². The van der Waals surface area contributed by atoms with E-state index in [4.69, 9.17) is 9.57 Å². The van der Waals surface area contributed by atoms with Crippen LogP contribution in [0.1, 0.15) is 56.9 Å². The first-order valence-electron chi connectivity index (χ1n) is 9.92. The summed E-state index contributed by atoms with van der Waals surface area (Å²) in [5.74, 6) is 0.199. The number of hydrogen-bond acceptors (Lipinski definition) is 4. The molecule has 1 atom stereocenters. The van der Waals surface area contributed by atoms with Crippen molar-refractivity contribution in [1.29, 1.82) is 0 Å². The Morgan fingerprint density at radius 1 is 1.15 bits per heavy atom. The molecule has 26 heavy (non-hydrogen) atoms. The van der Waals surface area contributed by atoms with Crippen molar-refractivity contribution in [2.75, 3.05) is 13.2 Å². The Morgan fingerprint density at radius 2 is 1.88 bits per heavy atom. The Hall–Kier alpha value is -1.88. The highest BCUT2D eigenvalue weighted by atomic mass is 16.6. The molecule has 0 unspecified atom stereocenters. The van der Waals surface area contributed by atoms with Crippen LogP contribution in [-0.2, 0) is 14.4 Å². The lowest BCUT2D eigenvalue weighted by Gasteiger charge is -2.37. The number of carbonyl (C=O) groups is 1. The van der Waals surface area contributed by atoms with E-state index in [0.29, 0.717) is 19.3 Å². The first-order chi connectivity index (χ1) is 12.8. The number of carbonyl (C=O) groups excluding carboxylic acids is 1. The van der Waals surface area contributed by atoms with Crippen LogP contribution >= 0.6 is 0 Å². The van der Waals surface area contributed by atoms with E-state index in [-0.39, 0.29) is 17.4 Å². The molecule has 3 aliphatic rings. The number of rotatable bonds is 5. The lowest BCUT2D eigenvalue weighted by atomic mass is 9.74. The zero-order chi connectivity index (χ0) is 17.8. The number of amides is 1. The normalized spacial score (nSPS) is 25.5. The summed E-state index contributed by atoms with van der Waals surface area (Å²) in [6.45, 7) is 1.30. The molecule has 1 saturated heterocycles. The van der Waals surface area contributed by atoms with Gasteiger partial charge in [0.05, 0.1) is 11.1 Å². The van der Waals surface area contributed by atoms with Crippen LogP contribution in [-0.4, -0.2) is 37.0 Å². The van der Waals surface area contributed by atoms with Gasteiger partial charge in [0.25, 0.3) is 0 Å². The fourth-order valence-electron chi connectivity index (χ4n) is 4.47. The van der Waals surface area contributed by atoms with Crippen LogP contribution in [0.15, 0.2) is 35.5 Å². The molecule has 2 heterocycles. The molecule has 1 amide bonds. The Balaban J connectivity index is 1.42. The van der Waals surface area contributed by atoms with Crippen molar-refractivity contribution in [1.82, 2.24) is 5.32 Å². The molecule has 0 spiro atoms. The molecular formula is C21H28N2O3. The van der Waals surface area contributed by atoms with E-state index in [9.17, 15) is 4.79 Å². The topological polar surface area (TPSA) is 59.9 Å². The fourth-order valence-corrected chi connectivity index (χ4v) is 4.47. The van der Waals surface area contributed by atoms with Gasteiger partial charge in [-0.15, -0.1) is 0 Å². The quantitative estimate of drug-likeness (QED) is 0.879. The molecule has 5 heteroatoms. The van der Waals surface area contributed by atoms with Gasteiger partial charge in [-0.05, 0) is 31.2 Å². The number of benzene rings is 1. The van der Waals surface area contributed by atoms with Gasteiger partial charge in [-0.3, -0.25) is 4.79 Å². The van der Waals surface area contributed by atoms with Crippen molar-refractivity contribution in [3.8, 4) is 0 Å². The minimum absolute atomic E-state index is 0.0300. The molecule has 1 N–H and O–H groups in total. The zero-order valence-electron chi connectivity index (χ0n) is 15.3. The number of oxime groups is 1. The summed E-state index contributed by atoms with van der Waals surface area (Å²) in [4.78, 5) is 18.9. The molecule has 140 valence electrons. The van der Waals surface area contributed by atoms with E-state index >= 15 is 0 Å². The van der Waals surface area contributed by atoms with Gasteiger partial charge in [-0.25, -0.2) is 0 Å². The number of hydrogen-bond donors (Lipinski definition) is 1. The van der Waals surface area contributed by atoms with E-state index in [0.717, 1.165) is 49.8 Å². The molecule has 1 aliphatic carbocycles. The molecule has 2 fully saturated rings. The van der Waals surface area contributed by atoms with Gasteiger partial charge in [-0.1, -0.05) is 48.3 Å². The Morgan fingerprint density at radius 3 is 2.62 bits per heavy atom. The summed E-state index contributed by atoms with van der Waals surface area (Å²) in [7, 11) is 0. The fraction of sp³-hybridized carbons (Fsp3) is 0.619. The van der Waals surface area contributed by atoms with Gasteiger partial charge in [0.15, 0.2) is 0 Å². The van der Waals surface area contributed by atoms with Crippen molar-refractivity contribution in [3.05, 3.63) is 35.9 Å². The van der Waals surface area contributed by atoms with E-state index in [1.807, 2.05) is 18.2 Å². The predicted octanol–water partition coefficient (Wildman–Crippen LogP) is 3.43. The minimum Gasteiger partial charge on any atom is -0.392 e. The number of ether oxygens (including phenoxy) is 1. The molecule has 1 saturated carbocycles. The van der Waals surface area contributed by atoms with Crippen LogP contribution in [0.2, 0.25) is 0 Å². The first kappa shape index (κ1) is 17.5. The molecule has 2 aliphatic heterocycles. The summed E-state index contributed by atoms with van der Waals surface area (Å²) < 4.78 is 5.55. The third-order valence-corrected chi connectivity index (χ3v) is 6.08. The maximum Gasteiger partial charge on any atom is 0.226 e. The largest absolute Gasteiger partial charge is 0.392 e. The summed E-state index contributed by atoms with van der Waals surface area (Å²) >= 11 is 0. The van der Waals surface area contributed by atoms with Gasteiger partial charge in [0.1, 0.15) is 6.10 Å². The van der Waals surface area contributed by atoms with Crippen LogP contribution in [0.3, 0.4) is 0 Å². The number of nitrogens with zero attached hydrogens (tertiary/aromatic N) is 1. The van der Waals surface area contributed by atoms with Crippen LogP contribution in [0.25, 0.3) is 0 Å². The second kappa shape index (κ2) is 7.78. The Bertz CT molecular complexity index is 646. The summed E-state index contributed by atoms with van der Waals surface area (Å²) in [5.41, 5.74) is 1.70. The van der Waals surface area contributed by atoms with E-state index in [1.165, 1.54) is 12.8 Å². The highest BCUT2D eigenvalue weighted by Crippen LogP contribution is 2.39. The average molecular weight is 356 g/mol. The molecule has 1 aromatic rings. The molecular weight excluding hydrogens is 328 g/mol. The van der Waals surface area contributed by atoms with Crippen LogP contribution in [0.5, 0.6) is 0 Å². The van der Waals surface area contributed by atoms with Gasteiger partial charge < -0.3 is 14.9 Å². The summed E-state index contributed by atoms with van der Waals surface area (Å²) in [6, 6.07) is 10.5. The van der Waals surface area contributed by atoms with Gasteiger partial charge in [0.2, 0.25) is 5.91 Å². The molecule has 0 aromatic heterocycles. The molecule has 4 rings (SSSR count). The Labute approximate surface area is 155 Å². The first-order valence-corrected chi connectivity index (χ1v) is 9.92. The summed E-state index contributed by atoms with van der Waals surface area (Å²) in [6.07, 6.45) is 7.66. The van der Waals surface area contributed by atoms with Gasteiger partial charge in [-0.2, -0.15) is 0 Å². The van der Waals surface area contributed by atoms with Crippen LogP contribution in [0.4, 0.5) is 0 Å². The molecule has 5 nitrogen and oxygen atoms in total. The minimum atomic E-state index is -0.382. The Kier molecular flexibility index (Phi) is 5.25. The van der Waals surface area contributed by atoms with Crippen molar-refractivity contribution in [2.45, 2.75) is 63.5 Å². The SMILES string of the molecule is O=C(NC1CCCC1)C1(C[C@H]2CC(c3ccccc3)=NO2)CCOCC1. The monoisotopic (exact) mass is 356 g/mol. The maximum absolute atomic E-state index is 13.2. The smallest absolute Gasteiger partial charge is 0.226 e. The lowest BCUT2D eigenvalue weighted by Crippen LogP contribution is -2.49. The van der Waals surface area contributed by atoms with E-state index in [1.54, 1.807) is 0 Å². The third kappa shape index (κ3) is 3.78. The average Bonchev–Trinajstić information content (AvgIpc) is 3.35. The number of nitrogens with one attached hydrogen (secondary N) is 1. The van der Waals surface area contributed by atoms with Crippen molar-refractivity contribution < 1.29 is 14.4 Å². The highest BCUT2D eigenvalue weighted by molar-refractivity contribution is 6.01. The zero-order valence-corrected chi connectivity index (χ0v) is 15.3. The molecule has 1 aromatic carbocycles. The van der Waals surface area contributed by atoms with Gasteiger partial charge >= 0.3 is 0 Å². The van der Waals surface area contributed by atoms with E-state index in [2.05, 4.69) is 22.6 Å². The predicted molar refractivity (Wildman–Crippen MR) is 100.0 cm³/mol. The standard InChI is InChI=1S/C21H28N2O3/c24-20(22-17-8-4-5-9-17)21(10-12-25-13-11-21)15-18-14-19(23-26-18)16-6-2-1-3-7-16/h1-3,6-7,17-18H,4-5,8-15H2,(H,22,24)/t18-/m1/s1. The second-order valence-corrected chi connectivity index (χ2v) is 7.89.